The van der Waals surface area contributed by atoms with Gasteiger partial charge in [0.25, 0.3) is 0 Å². The number of terminal acetylenes is 1. The third kappa shape index (κ3) is 4.65. The highest BCUT2D eigenvalue weighted by molar-refractivity contribution is 8.14. The predicted molar refractivity (Wildman–Crippen MR) is 137 cm³/mol. The van der Waals surface area contributed by atoms with Crippen LogP contribution in [0.5, 0.6) is 5.88 Å². The molecule has 5 rings (SSSR count). The molecule has 2 atom stereocenters. The number of thioether (sulfide) groups is 1. The fourth-order valence-electron chi connectivity index (χ4n) is 4.32. The Bertz CT molecular complexity index is 1530. The minimum absolute atomic E-state index is 0.0466. The molecule has 3 aromatic heterocycles. The van der Waals surface area contributed by atoms with Gasteiger partial charge in [0.1, 0.15) is 29.3 Å². The molecule has 0 unspecified atom stereocenters. The van der Waals surface area contributed by atoms with Crippen LogP contribution in [0.15, 0.2) is 58.7 Å². The van der Waals surface area contributed by atoms with Crippen molar-refractivity contribution in [3.63, 3.8) is 0 Å². The Labute approximate surface area is 215 Å². The maximum Gasteiger partial charge on any atom is 0.233 e. The van der Waals surface area contributed by atoms with Gasteiger partial charge in [0.2, 0.25) is 5.88 Å². The lowest BCUT2D eigenvalue weighted by Crippen LogP contribution is -2.42. The first-order chi connectivity index (χ1) is 17.9. The van der Waals surface area contributed by atoms with Crippen molar-refractivity contribution >= 4 is 39.5 Å². The van der Waals surface area contributed by atoms with E-state index in [0.717, 1.165) is 0 Å². The third-order valence-electron chi connectivity index (χ3n) is 5.93. The summed E-state index contributed by atoms with van der Waals surface area (Å²) in [6, 6.07) is 5.94. The van der Waals surface area contributed by atoms with Gasteiger partial charge in [-0.3, -0.25) is 0 Å². The molecule has 0 amide bonds. The van der Waals surface area contributed by atoms with Gasteiger partial charge in [0.05, 0.1) is 22.7 Å². The average Bonchev–Trinajstić information content (AvgIpc) is 3.44. The minimum Gasteiger partial charge on any atom is -0.463 e. The fourth-order valence-corrected chi connectivity index (χ4v) is 5.51. The summed E-state index contributed by atoms with van der Waals surface area (Å²) in [4.78, 5) is 21.4. The highest BCUT2D eigenvalue weighted by Crippen LogP contribution is 2.51. The molecule has 0 radical (unpaired) electrons. The molecule has 0 bridgehead atoms. The smallest absolute Gasteiger partial charge is 0.233 e. The fraction of sp³-hybridized carbons (Fsp3) is 0.240. The number of pyridine rings is 1. The summed E-state index contributed by atoms with van der Waals surface area (Å²) in [6.07, 6.45) is 11.1. The van der Waals surface area contributed by atoms with E-state index in [0.29, 0.717) is 28.3 Å². The number of aliphatic imine (C=N–C) groups is 1. The zero-order chi connectivity index (χ0) is 26.0. The lowest BCUT2D eigenvalue weighted by atomic mass is 9.81. The van der Waals surface area contributed by atoms with E-state index in [4.69, 9.17) is 21.3 Å². The van der Waals surface area contributed by atoms with Crippen molar-refractivity contribution < 1.29 is 17.9 Å². The van der Waals surface area contributed by atoms with Crippen LogP contribution in [-0.4, -0.2) is 38.4 Å². The van der Waals surface area contributed by atoms with Gasteiger partial charge in [0.15, 0.2) is 24.0 Å². The van der Waals surface area contributed by atoms with Gasteiger partial charge in [-0.25, -0.2) is 33.7 Å². The molecule has 1 aliphatic heterocycles. The Kier molecular flexibility index (Phi) is 6.39. The number of oxazole rings is 1. The molecule has 4 aromatic rings. The lowest BCUT2D eigenvalue weighted by Gasteiger charge is -2.40. The standard InChI is InChI=1S/C25H21F2N7O2S/c1-3-8-35-20-11-31-21-18(33-20)6-7-30-22(21)32-15-4-5-17(27)16(9-15)25(13-26)12-24(2,37-23(28)34-25)19-10-29-14-36-19/h1,4-7,9-11,14H,8,12-13H2,2H3,(H2,28,34)(H,30,32)/t24-,25-/m1/s1. The monoisotopic (exact) mass is 521 g/mol. The summed E-state index contributed by atoms with van der Waals surface area (Å²) >= 11 is 1.22. The molecule has 0 aliphatic carbocycles. The van der Waals surface area contributed by atoms with Crippen molar-refractivity contribution in [3.8, 4) is 18.2 Å². The van der Waals surface area contributed by atoms with Crippen molar-refractivity contribution in [2.75, 3.05) is 18.6 Å². The molecule has 1 aliphatic rings. The topological polar surface area (TPSA) is 124 Å². The number of nitrogens with zero attached hydrogens (tertiary/aromatic N) is 5. The number of rotatable bonds is 7. The highest BCUT2D eigenvalue weighted by Gasteiger charge is 2.49. The SMILES string of the molecule is C#CCOc1cnc2c(Nc3ccc(F)c([C@]4(CF)C[C@](C)(c5cnco5)SC(N)=N4)c3)nccc2n1. The molecule has 37 heavy (non-hydrogen) atoms. The van der Waals surface area contributed by atoms with Gasteiger partial charge < -0.3 is 20.2 Å². The zero-order valence-corrected chi connectivity index (χ0v) is 20.4. The molecular weight excluding hydrogens is 500 g/mol. The summed E-state index contributed by atoms with van der Waals surface area (Å²) < 4.78 is 40.0. The number of benzene rings is 1. The minimum atomic E-state index is -1.58. The van der Waals surface area contributed by atoms with E-state index in [-0.39, 0.29) is 29.6 Å². The number of alkyl halides is 1. The van der Waals surface area contributed by atoms with Gasteiger partial charge in [-0.05, 0) is 31.2 Å². The van der Waals surface area contributed by atoms with Crippen LogP contribution < -0.4 is 15.8 Å². The first-order valence-corrected chi connectivity index (χ1v) is 11.9. The maximum atomic E-state index is 15.2. The van der Waals surface area contributed by atoms with E-state index in [9.17, 15) is 4.39 Å². The highest BCUT2D eigenvalue weighted by atomic mass is 32.2. The van der Waals surface area contributed by atoms with E-state index < -0.39 is 22.8 Å². The number of nitrogens with two attached hydrogens (primary N) is 1. The van der Waals surface area contributed by atoms with Crippen LogP contribution in [0.4, 0.5) is 20.3 Å². The third-order valence-corrected chi connectivity index (χ3v) is 7.03. The summed E-state index contributed by atoms with van der Waals surface area (Å²) in [7, 11) is 0. The van der Waals surface area contributed by atoms with E-state index in [1.54, 1.807) is 18.5 Å². The number of aromatic nitrogens is 4. The number of amidine groups is 1. The number of halogens is 2. The zero-order valence-electron chi connectivity index (χ0n) is 19.6. The van der Waals surface area contributed by atoms with E-state index in [2.05, 4.69) is 36.2 Å². The largest absolute Gasteiger partial charge is 0.463 e. The van der Waals surface area contributed by atoms with Crippen LogP contribution in [0, 0.1) is 18.2 Å². The molecule has 0 saturated heterocycles. The summed E-state index contributed by atoms with van der Waals surface area (Å²) in [5, 5.41) is 3.25. The second kappa shape index (κ2) is 9.67. The Morgan fingerprint density at radius 1 is 1.30 bits per heavy atom. The molecule has 1 aromatic carbocycles. The van der Waals surface area contributed by atoms with Crippen LogP contribution in [0.25, 0.3) is 11.0 Å². The molecule has 0 saturated carbocycles. The van der Waals surface area contributed by atoms with Crippen molar-refractivity contribution in [2.45, 2.75) is 23.6 Å². The molecule has 188 valence electrons. The Morgan fingerprint density at radius 3 is 2.92 bits per heavy atom. The number of ether oxygens (including phenoxy) is 1. The molecule has 0 fully saturated rings. The second-order valence-electron chi connectivity index (χ2n) is 8.54. The van der Waals surface area contributed by atoms with Crippen LogP contribution in [0.1, 0.15) is 24.7 Å². The van der Waals surface area contributed by atoms with Gasteiger partial charge in [-0.15, -0.1) is 6.42 Å². The normalized spacial score (nSPS) is 21.3. The number of hydrogen-bond donors (Lipinski definition) is 2. The van der Waals surface area contributed by atoms with Gasteiger partial charge in [-0.2, -0.15) is 0 Å². The summed E-state index contributed by atoms with van der Waals surface area (Å²) in [6.45, 7) is 0.924. The number of anilines is 2. The van der Waals surface area contributed by atoms with Crippen LogP contribution in [0.3, 0.4) is 0 Å². The van der Waals surface area contributed by atoms with E-state index >= 15 is 4.39 Å². The number of nitrogens with one attached hydrogen (secondary N) is 1. The maximum absolute atomic E-state index is 15.2. The Hall–Kier alpha value is -4.24. The molecule has 3 N–H and O–H groups in total. The van der Waals surface area contributed by atoms with E-state index in [1.807, 2.05) is 6.92 Å². The predicted octanol–water partition coefficient (Wildman–Crippen LogP) is 4.44. The average molecular weight is 522 g/mol. The first-order valence-electron chi connectivity index (χ1n) is 11.1. The van der Waals surface area contributed by atoms with Crippen molar-refractivity contribution in [2.24, 2.45) is 10.7 Å². The second-order valence-corrected chi connectivity index (χ2v) is 10.1. The number of fused-ring (bicyclic) bond motifs is 1. The number of hydrogen-bond acceptors (Lipinski definition) is 10. The van der Waals surface area contributed by atoms with Crippen LogP contribution in [-0.2, 0) is 10.3 Å². The molecule has 0 spiro atoms. The van der Waals surface area contributed by atoms with Gasteiger partial charge in [-0.1, -0.05) is 17.7 Å². The lowest BCUT2D eigenvalue weighted by molar-refractivity contribution is 0.251. The van der Waals surface area contributed by atoms with Crippen molar-refractivity contribution in [1.82, 2.24) is 19.9 Å². The molecular formula is C25H21F2N7O2S. The van der Waals surface area contributed by atoms with Crippen LogP contribution in [0.2, 0.25) is 0 Å². The first kappa shape index (κ1) is 24.5. The van der Waals surface area contributed by atoms with Crippen LogP contribution >= 0.6 is 11.8 Å². The Balaban J connectivity index is 1.51. The molecule has 9 nitrogen and oxygen atoms in total. The summed E-state index contributed by atoms with van der Waals surface area (Å²) in [5.41, 5.74) is 6.01. The van der Waals surface area contributed by atoms with E-state index in [1.165, 1.54) is 42.6 Å². The van der Waals surface area contributed by atoms with Crippen molar-refractivity contribution in [1.29, 1.82) is 0 Å². The van der Waals surface area contributed by atoms with Crippen molar-refractivity contribution in [3.05, 3.63) is 66.4 Å². The molecule has 12 heteroatoms. The van der Waals surface area contributed by atoms with Gasteiger partial charge in [0, 0.05) is 23.9 Å². The van der Waals surface area contributed by atoms with Gasteiger partial charge >= 0.3 is 0 Å². The molecule has 4 heterocycles. The summed E-state index contributed by atoms with van der Waals surface area (Å²) in [5.74, 6) is 2.89. The quantitative estimate of drug-likeness (QED) is 0.340. The Morgan fingerprint density at radius 2 is 2.16 bits per heavy atom.